The van der Waals surface area contributed by atoms with Crippen molar-refractivity contribution in [3.8, 4) is 0 Å². The molecule has 3 rings (SSSR count). The SMILES string of the molecule is CC(C)CC[O][Sn]([CH2]C1CCCCC1)([CH2]C1CCCCC1)[CH2]C1CCCCC1. The zero-order valence-corrected chi connectivity index (χ0v) is 22.2. The van der Waals surface area contributed by atoms with Crippen LogP contribution in [0.1, 0.15) is 117 Å². The molecule has 0 N–H and O–H groups in total. The summed E-state index contributed by atoms with van der Waals surface area (Å²) in [6.45, 7) is 5.85. The van der Waals surface area contributed by atoms with Crippen LogP contribution in [0.2, 0.25) is 13.3 Å². The summed E-state index contributed by atoms with van der Waals surface area (Å²) in [5.41, 5.74) is 0. The minimum absolute atomic E-state index is 0.794. The first-order valence-electron chi connectivity index (χ1n) is 13.3. The third-order valence-corrected chi connectivity index (χ3v) is 21.9. The van der Waals surface area contributed by atoms with Gasteiger partial charge in [-0.3, -0.25) is 0 Å². The predicted octanol–water partition coefficient (Wildman–Crippen LogP) is 8.74. The van der Waals surface area contributed by atoms with Gasteiger partial charge in [0.05, 0.1) is 0 Å². The molecule has 1 nitrogen and oxygen atoms in total. The first kappa shape index (κ1) is 23.4. The molecule has 0 amide bonds. The second kappa shape index (κ2) is 12.6. The van der Waals surface area contributed by atoms with Gasteiger partial charge in [-0.25, -0.2) is 0 Å². The molecule has 164 valence electrons. The topological polar surface area (TPSA) is 9.23 Å². The van der Waals surface area contributed by atoms with E-state index in [4.69, 9.17) is 3.07 Å². The Labute approximate surface area is 181 Å². The summed E-state index contributed by atoms with van der Waals surface area (Å²) in [5.74, 6) is 3.91. The molecule has 0 bridgehead atoms. The second-order valence-electron chi connectivity index (χ2n) is 11.3. The molecule has 0 aliphatic heterocycles. The average Bonchev–Trinajstić information content (AvgIpc) is 2.70. The van der Waals surface area contributed by atoms with Gasteiger partial charge in [0.15, 0.2) is 0 Å². The van der Waals surface area contributed by atoms with Crippen molar-refractivity contribution in [2.24, 2.45) is 23.7 Å². The summed E-state index contributed by atoms with van der Waals surface area (Å²) in [7, 11) is 0. The average molecular weight is 497 g/mol. The molecule has 0 aromatic heterocycles. The van der Waals surface area contributed by atoms with Gasteiger partial charge in [0.1, 0.15) is 0 Å². The first-order valence-corrected chi connectivity index (χ1v) is 20.5. The van der Waals surface area contributed by atoms with Gasteiger partial charge in [-0.1, -0.05) is 0 Å². The van der Waals surface area contributed by atoms with E-state index in [0.29, 0.717) is 0 Å². The third kappa shape index (κ3) is 8.12. The van der Waals surface area contributed by atoms with Crippen LogP contribution in [0.15, 0.2) is 0 Å². The van der Waals surface area contributed by atoms with Crippen LogP contribution in [0.25, 0.3) is 0 Å². The van der Waals surface area contributed by atoms with Gasteiger partial charge < -0.3 is 0 Å². The van der Waals surface area contributed by atoms with E-state index >= 15 is 0 Å². The monoisotopic (exact) mass is 498 g/mol. The van der Waals surface area contributed by atoms with Crippen molar-refractivity contribution >= 4 is 18.8 Å². The summed E-state index contributed by atoms with van der Waals surface area (Å²) in [6.07, 6.45) is 24.0. The Kier molecular flexibility index (Phi) is 10.5. The van der Waals surface area contributed by atoms with Crippen LogP contribution in [0, 0.1) is 23.7 Å². The van der Waals surface area contributed by atoms with Crippen LogP contribution in [0.3, 0.4) is 0 Å². The van der Waals surface area contributed by atoms with E-state index in [-0.39, 0.29) is 0 Å². The van der Waals surface area contributed by atoms with Gasteiger partial charge in [0.25, 0.3) is 0 Å². The Morgan fingerprint density at radius 1 is 0.607 bits per heavy atom. The van der Waals surface area contributed by atoms with Gasteiger partial charge >= 0.3 is 182 Å². The summed E-state index contributed by atoms with van der Waals surface area (Å²) in [4.78, 5) is 0. The van der Waals surface area contributed by atoms with Crippen molar-refractivity contribution in [3.05, 3.63) is 0 Å². The Morgan fingerprint density at radius 2 is 0.964 bits per heavy atom. The van der Waals surface area contributed by atoms with Crippen LogP contribution < -0.4 is 0 Å². The van der Waals surface area contributed by atoms with Crippen molar-refractivity contribution in [3.63, 3.8) is 0 Å². The van der Waals surface area contributed by atoms with Gasteiger partial charge in [0, 0.05) is 0 Å². The van der Waals surface area contributed by atoms with E-state index in [1.54, 1.807) is 13.3 Å². The summed E-state index contributed by atoms with van der Waals surface area (Å²) in [6, 6.07) is 0. The quantitative estimate of drug-likeness (QED) is 0.274. The van der Waals surface area contributed by atoms with E-state index in [1.165, 1.54) is 103 Å². The number of hydrogen-bond donors (Lipinski definition) is 0. The zero-order valence-electron chi connectivity index (χ0n) is 19.4. The molecule has 2 heteroatoms. The van der Waals surface area contributed by atoms with E-state index < -0.39 is 18.8 Å². The second-order valence-corrected chi connectivity index (χ2v) is 22.4. The Balaban J connectivity index is 1.72. The Bertz CT molecular complexity index is 352. The number of hydrogen-bond acceptors (Lipinski definition) is 1. The van der Waals surface area contributed by atoms with E-state index in [2.05, 4.69) is 13.8 Å². The molecule has 3 saturated carbocycles. The predicted molar refractivity (Wildman–Crippen MR) is 125 cm³/mol. The van der Waals surface area contributed by atoms with Crippen LogP contribution >= 0.6 is 0 Å². The summed E-state index contributed by atoms with van der Waals surface area (Å²) < 4.78 is 12.0. The van der Waals surface area contributed by atoms with Gasteiger partial charge in [-0.2, -0.15) is 0 Å². The molecule has 28 heavy (non-hydrogen) atoms. The number of rotatable bonds is 10. The van der Waals surface area contributed by atoms with Crippen LogP contribution in [0.4, 0.5) is 0 Å². The van der Waals surface area contributed by atoms with Crippen LogP contribution in [-0.4, -0.2) is 25.4 Å². The van der Waals surface area contributed by atoms with Crippen molar-refractivity contribution in [2.45, 2.75) is 130 Å². The fourth-order valence-corrected chi connectivity index (χ4v) is 23.2. The molecular formula is C26H50OSn. The van der Waals surface area contributed by atoms with Gasteiger partial charge in [-0.05, 0) is 0 Å². The van der Waals surface area contributed by atoms with E-state index in [9.17, 15) is 0 Å². The van der Waals surface area contributed by atoms with Crippen molar-refractivity contribution in [1.82, 2.24) is 0 Å². The Hall–Kier alpha value is 0.759. The minimum atomic E-state index is -2.56. The van der Waals surface area contributed by atoms with Crippen molar-refractivity contribution in [1.29, 1.82) is 0 Å². The third-order valence-electron chi connectivity index (χ3n) is 8.26. The summed E-state index contributed by atoms with van der Waals surface area (Å²) in [5, 5.41) is 0. The maximum absolute atomic E-state index is 7.26. The van der Waals surface area contributed by atoms with Crippen molar-refractivity contribution in [2.75, 3.05) is 6.61 Å². The molecule has 0 saturated heterocycles. The molecular weight excluding hydrogens is 447 g/mol. The molecule has 3 fully saturated rings. The molecule has 0 aromatic rings. The zero-order chi connectivity index (χ0) is 19.7. The molecule has 0 aromatic carbocycles. The molecule has 0 spiro atoms. The van der Waals surface area contributed by atoms with Crippen molar-refractivity contribution < 1.29 is 3.07 Å². The molecule has 0 heterocycles. The van der Waals surface area contributed by atoms with Gasteiger partial charge in [-0.15, -0.1) is 0 Å². The van der Waals surface area contributed by atoms with Crippen LogP contribution in [-0.2, 0) is 3.07 Å². The molecule has 3 aliphatic carbocycles. The molecule has 0 radical (unpaired) electrons. The fraction of sp³-hybridized carbons (Fsp3) is 1.00. The normalized spacial score (nSPS) is 24.1. The molecule has 0 atom stereocenters. The molecule has 0 unspecified atom stereocenters. The maximum atomic E-state index is 7.26. The Morgan fingerprint density at radius 3 is 1.29 bits per heavy atom. The van der Waals surface area contributed by atoms with E-state index in [1.807, 2.05) is 0 Å². The first-order chi connectivity index (χ1) is 13.7. The van der Waals surface area contributed by atoms with Gasteiger partial charge in [0.2, 0.25) is 0 Å². The van der Waals surface area contributed by atoms with E-state index in [0.717, 1.165) is 30.3 Å². The molecule has 3 aliphatic rings. The standard InChI is InChI=1S/3C7H13.C5H11O.Sn/c3*1-7-5-3-2-4-6-7;1-5(2)3-4-6;/h3*7H,1-6H2;5H,3-4H2,1-2H3;/q;;;-1;+1. The summed E-state index contributed by atoms with van der Waals surface area (Å²) >= 11 is -2.56. The van der Waals surface area contributed by atoms with Crippen LogP contribution in [0.5, 0.6) is 0 Å². The fourth-order valence-electron chi connectivity index (χ4n) is 6.69.